The number of unbranched alkanes of at least 4 members (excludes halogenated alkanes) is 2. The first kappa shape index (κ1) is 21.4. The second kappa shape index (κ2) is 9.32. The van der Waals surface area contributed by atoms with Gasteiger partial charge < -0.3 is 10.4 Å². The van der Waals surface area contributed by atoms with Gasteiger partial charge in [-0.3, -0.25) is 9.59 Å². The lowest BCUT2D eigenvalue weighted by atomic mass is 10.1. The van der Waals surface area contributed by atoms with E-state index in [0.29, 0.717) is 18.4 Å². The summed E-state index contributed by atoms with van der Waals surface area (Å²) >= 11 is 0. The van der Waals surface area contributed by atoms with Crippen LogP contribution in [0.3, 0.4) is 0 Å². The summed E-state index contributed by atoms with van der Waals surface area (Å²) in [7, 11) is -3.89. The lowest BCUT2D eigenvalue weighted by molar-refractivity contribution is -0.140. The maximum absolute atomic E-state index is 12.7. The number of hydrogen-bond acceptors (Lipinski definition) is 4. The lowest BCUT2D eigenvalue weighted by Crippen LogP contribution is -2.40. The van der Waals surface area contributed by atoms with Crippen LogP contribution < -0.4 is 5.32 Å². The zero-order valence-electron chi connectivity index (χ0n) is 15.8. The van der Waals surface area contributed by atoms with E-state index in [2.05, 4.69) is 12.2 Å². The molecule has 8 heteroatoms. The van der Waals surface area contributed by atoms with Gasteiger partial charge in [0.1, 0.15) is 6.04 Å². The second-order valence-electron chi connectivity index (χ2n) is 7.01. The average Bonchev–Trinajstić information content (AvgIpc) is 3.13. The molecule has 1 amide bonds. The molecule has 0 radical (unpaired) electrons. The Morgan fingerprint density at radius 2 is 1.93 bits per heavy atom. The SMILES string of the molecule is CCCCC[C@H](C)NC(=O)c1ccc(S(=O)(=O)N2CCC[C@@H]2C(=O)O)cc1. The van der Waals surface area contributed by atoms with Gasteiger partial charge in [-0.1, -0.05) is 26.2 Å². The molecule has 1 aromatic rings. The summed E-state index contributed by atoms with van der Waals surface area (Å²) in [6, 6.07) is 4.68. The fourth-order valence-electron chi connectivity index (χ4n) is 3.27. The average molecular weight is 397 g/mol. The van der Waals surface area contributed by atoms with Crippen molar-refractivity contribution >= 4 is 21.9 Å². The predicted octanol–water partition coefficient (Wildman–Crippen LogP) is 2.62. The van der Waals surface area contributed by atoms with Crippen molar-refractivity contribution in [3.63, 3.8) is 0 Å². The van der Waals surface area contributed by atoms with E-state index in [1.807, 2.05) is 6.92 Å². The van der Waals surface area contributed by atoms with Crippen LogP contribution in [-0.4, -0.2) is 48.3 Å². The van der Waals surface area contributed by atoms with Gasteiger partial charge in [-0.2, -0.15) is 4.31 Å². The monoisotopic (exact) mass is 396 g/mol. The Balaban J connectivity index is 2.05. The van der Waals surface area contributed by atoms with Gasteiger partial charge >= 0.3 is 5.97 Å². The number of nitrogens with one attached hydrogen (secondary N) is 1. The van der Waals surface area contributed by atoms with Gasteiger partial charge in [0, 0.05) is 18.2 Å². The fraction of sp³-hybridized carbons (Fsp3) is 0.579. The van der Waals surface area contributed by atoms with Crippen molar-refractivity contribution < 1.29 is 23.1 Å². The van der Waals surface area contributed by atoms with E-state index >= 15 is 0 Å². The number of carboxylic acid groups (broad SMARTS) is 1. The molecule has 2 atom stereocenters. The van der Waals surface area contributed by atoms with Crippen molar-refractivity contribution in [1.29, 1.82) is 0 Å². The number of aliphatic carboxylic acids is 1. The summed E-state index contributed by atoms with van der Waals surface area (Å²) in [5.41, 5.74) is 0.382. The Labute approximate surface area is 160 Å². The van der Waals surface area contributed by atoms with Crippen molar-refractivity contribution in [1.82, 2.24) is 9.62 Å². The second-order valence-corrected chi connectivity index (χ2v) is 8.90. The van der Waals surface area contributed by atoms with E-state index in [9.17, 15) is 23.1 Å². The number of rotatable bonds is 9. The molecular formula is C19H28N2O5S. The molecule has 0 aromatic heterocycles. The molecule has 1 aliphatic heterocycles. The van der Waals surface area contributed by atoms with Crippen LogP contribution in [0.1, 0.15) is 62.7 Å². The Bertz CT molecular complexity index is 761. The van der Waals surface area contributed by atoms with Gasteiger partial charge in [0.25, 0.3) is 5.91 Å². The van der Waals surface area contributed by atoms with E-state index in [1.54, 1.807) is 0 Å². The molecule has 0 aliphatic carbocycles. The number of carboxylic acids is 1. The molecule has 1 fully saturated rings. The highest BCUT2D eigenvalue weighted by Gasteiger charge is 2.39. The minimum Gasteiger partial charge on any atom is -0.480 e. The number of benzene rings is 1. The van der Waals surface area contributed by atoms with Gasteiger partial charge in [-0.25, -0.2) is 8.42 Å². The molecule has 1 aliphatic rings. The highest BCUT2D eigenvalue weighted by Crippen LogP contribution is 2.26. The van der Waals surface area contributed by atoms with Crippen LogP contribution in [0.25, 0.3) is 0 Å². The molecule has 150 valence electrons. The quantitative estimate of drug-likeness (QED) is 0.625. The third kappa shape index (κ3) is 5.29. The smallest absolute Gasteiger partial charge is 0.322 e. The molecule has 0 unspecified atom stereocenters. The standard InChI is InChI=1S/C19H28N2O5S/c1-3-4-5-7-14(2)20-18(22)15-9-11-16(12-10-15)27(25,26)21-13-6-8-17(21)19(23)24/h9-12,14,17H,3-8,13H2,1-2H3,(H,20,22)(H,23,24)/t14-,17+/m0/s1. The summed E-state index contributed by atoms with van der Waals surface area (Å²) in [5.74, 6) is -1.38. The maximum atomic E-state index is 12.7. The molecule has 0 saturated carbocycles. The van der Waals surface area contributed by atoms with Crippen molar-refractivity contribution in [2.24, 2.45) is 0 Å². The molecule has 0 bridgehead atoms. The number of carbonyl (C=O) groups is 2. The van der Waals surface area contributed by atoms with Crippen LogP contribution in [0.5, 0.6) is 0 Å². The Morgan fingerprint density at radius 1 is 1.26 bits per heavy atom. The topological polar surface area (TPSA) is 104 Å². The maximum Gasteiger partial charge on any atom is 0.322 e. The number of nitrogens with zero attached hydrogens (tertiary/aromatic N) is 1. The van der Waals surface area contributed by atoms with Crippen LogP contribution in [-0.2, 0) is 14.8 Å². The molecule has 0 spiro atoms. The predicted molar refractivity (Wildman–Crippen MR) is 102 cm³/mol. The van der Waals surface area contributed by atoms with Gasteiger partial charge in [0.2, 0.25) is 10.0 Å². The van der Waals surface area contributed by atoms with Crippen molar-refractivity contribution in [3.05, 3.63) is 29.8 Å². The van der Waals surface area contributed by atoms with E-state index in [4.69, 9.17) is 0 Å². The summed E-state index contributed by atoms with van der Waals surface area (Å²) in [5, 5.41) is 12.1. The molecule has 2 N–H and O–H groups in total. The number of sulfonamides is 1. The minimum atomic E-state index is -3.89. The van der Waals surface area contributed by atoms with E-state index in [1.165, 1.54) is 24.3 Å². The van der Waals surface area contributed by atoms with E-state index < -0.39 is 22.0 Å². The zero-order valence-corrected chi connectivity index (χ0v) is 16.7. The molecule has 1 saturated heterocycles. The third-order valence-electron chi connectivity index (χ3n) is 4.83. The number of hydrogen-bond donors (Lipinski definition) is 2. The van der Waals surface area contributed by atoms with Gasteiger partial charge in [0.15, 0.2) is 0 Å². The van der Waals surface area contributed by atoms with Crippen molar-refractivity contribution in [2.45, 2.75) is 69.4 Å². The normalized spacial score (nSPS) is 19.0. The Hall–Kier alpha value is -1.93. The van der Waals surface area contributed by atoms with E-state index in [0.717, 1.165) is 30.0 Å². The molecule has 1 heterocycles. The van der Waals surface area contributed by atoms with E-state index in [-0.39, 0.29) is 23.4 Å². The van der Waals surface area contributed by atoms with Crippen LogP contribution in [0, 0.1) is 0 Å². The van der Waals surface area contributed by atoms with Crippen LogP contribution in [0.4, 0.5) is 0 Å². The third-order valence-corrected chi connectivity index (χ3v) is 6.75. The van der Waals surface area contributed by atoms with Crippen molar-refractivity contribution in [2.75, 3.05) is 6.54 Å². The van der Waals surface area contributed by atoms with Crippen LogP contribution in [0.15, 0.2) is 29.2 Å². The van der Waals surface area contributed by atoms with Crippen LogP contribution in [0.2, 0.25) is 0 Å². The highest BCUT2D eigenvalue weighted by molar-refractivity contribution is 7.89. The molecular weight excluding hydrogens is 368 g/mol. The summed E-state index contributed by atoms with van der Waals surface area (Å²) in [6.07, 6.45) is 5.03. The van der Waals surface area contributed by atoms with Gasteiger partial charge in [-0.05, 0) is 50.5 Å². The summed E-state index contributed by atoms with van der Waals surface area (Å²) in [4.78, 5) is 23.6. The first-order valence-electron chi connectivity index (χ1n) is 9.43. The zero-order chi connectivity index (χ0) is 20.0. The Kier molecular flexibility index (Phi) is 7.38. The van der Waals surface area contributed by atoms with Gasteiger partial charge in [0.05, 0.1) is 4.90 Å². The fourth-order valence-corrected chi connectivity index (χ4v) is 4.92. The highest BCUT2D eigenvalue weighted by atomic mass is 32.2. The van der Waals surface area contributed by atoms with Crippen molar-refractivity contribution in [3.8, 4) is 0 Å². The number of carbonyl (C=O) groups excluding carboxylic acids is 1. The number of amides is 1. The molecule has 7 nitrogen and oxygen atoms in total. The molecule has 27 heavy (non-hydrogen) atoms. The van der Waals surface area contributed by atoms with Crippen LogP contribution >= 0.6 is 0 Å². The minimum absolute atomic E-state index is 0.00296. The first-order valence-corrected chi connectivity index (χ1v) is 10.9. The first-order chi connectivity index (χ1) is 12.8. The molecule has 2 rings (SSSR count). The lowest BCUT2D eigenvalue weighted by Gasteiger charge is -2.21. The Morgan fingerprint density at radius 3 is 2.52 bits per heavy atom. The van der Waals surface area contributed by atoms with Gasteiger partial charge in [-0.15, -0.1) is 0 Å². The summed E-state index contributed by atoms with van der Waals surface area (Å²) < 4.78 is 26.5. The summed E-state index contributed by atoms with van der Waals surface area (Å²) in [6.45, 7) is 4.27. The largest absolute Gasteiger partial charge is 0.480 e. The molecule has 1 aromatic carbocycles.